The van der Waals surface area contributed by atoms with Crippen LogP contribution in [-0.2, 0) is 6.42 Å². The third kappa shape index (κ3) is 2.78. The Morgan fingerprint density at radius 2 is 2.17 bits per heavy atom. The standard InChI is InChI=1S/C15H24N2O/c1-2-7-15(8-3-1)13-17(11-9-16-15)10-6-14-5-4-12-18-14/h4-5,12,16H,1-3,6-11,13H2. The molecule has 18 heavy (non-hydrogen) atoms. The van der Waals surface area contributed by atoms with E-state index in [2.05, 4.69) is 16.3 Å². The van der Waals surface area contributed by atoms with Crippen LogP contribution in [-0.4, -0.2) is 36.6 Å². The van der Waals surface area contributed by atoms with Crippen molar-refractivity contribution in [2.24, 2.45) is 0 Å². The van der Waals surface area contributed by atoms with Gasteiger partial charge in [-0.3, -0.25) is 4.90 Å². The Hall–Kier alpha value is -0.800. The van der Waals surface area contributed by atoms with Gasteiger partial charge in [0.05, 0.1) is 6.26 Å². The molecule has 1 saturated heterocycles. The largest absolute Gasteiger partial charge is 0.469 e. The SMILES string of the molecule is c1coc(CCN2CCNC3(CCCCC3)C2)c1. The molecule has 1 saturated carbocycles. The average molecular weight is 248 g/mol. The van der Waals surface area contributed by atoms with Crippen LogP contribution in [0.2, 0.25) is 0 Å². The Balaban J connectivity index is 1.53. The molecule has 0 amide bonds. The molecule has 3 rings (SSSR count). The first-order valence-electron chi connectivity index (χ1n) is 7.36. The van der Waals surface area contributed by atoms with Crippen molar-refractivity contribution in [3.05, 3.63) is 24.2 Å². The summed E-state index contributed by atoms with van der Waals surface area (Å²) in [6.07, 6.45) is 9.78. The Bertz CT molecular complexity index is 349. The van der Waals surface area contributed by atoms with Crippen LogP contribution in [0.5, 0.6) is 0 Å². The van der Waals surface area contributed by atoms with E-state index in [1.807, 2.05) is 6.07 Å². The maximum absolute atomic E-state index is 5.42. The summed E-state index contributed by atoms with van der Waals surface area (Å²) in [5.74, 6) is 1.12. The van der Waals surface area contributed by atoms with Gasteiger partial charge in [0, 0.05) is 38.1 Å². The number of furan rings is 1. The molecular formula is C15H24N2O. The molecule has 2 aliphatic rings. The van der Waals surface area contributed by atoms with Crippen LogP contribution >= 0.6 is 0 Å². The highest BCUT2D eigenvalue weighted by Gasteiger charge is 2.35. The molecule has 3 nitrogen and oxygen atoms in total. The summed E-state index contributed by atoms with van der Waals surface area (Å²) in [6, 6.07) is 4.06. The van der Waals surface area contributed by atoms with E-state index in [4.69, 9.17) is 4.42 Å². The van der Waals surface area contributed by atoms with Crippen molar-refractivity contribution in [1.82, 2.24) is 10.2 Å². The second kappa shape index (κ2) is 5.45. The highest BCUT2D eigenvalue weighted by Crippen LogP contribution is 2.30. The normalized spacial score (nSPS) is 24.4. The van der Waals surface area contributed by atoms with Crippen LogP contribution < -0.4 is 5.32 Å². The quantitative estimate of drug-likeness (QED) is 0.890. The molecule has 3 heteroatoms. The molecule has 0 unspecified atom stereocenters. The number of piperazine rings is 1. The third-order valence-electron chi connectivity index (χ3n) is 4.52. The highest BCUT2D eigenvalue weighted by atomic mass is 16.3. The maximum Gasteiger partial charge on any atom is 0.105 e. The summed E-state index contributed by atoms with van der Waals surface area (Å²) in [7, 11) is 0. The molecular weight excluding hydrogens is 224 g/mol. The molecule has 0 radical (unpaired) electrons. The molecule has 0 atom stereocenters. The van der Waals surface area contributed by atoms with E-state index < -0.39 is 0 Å². The van der Waals surface area contributed by atoms with Crippen molar-refractivity contribution in [3.63, 3.8) is 0 Å². The Kier molecular flexibility index (Phi) is 3.71. The fourth-order valence-electron chi connectivity index (χ4n) is 3.52. The Morgan fingerprint density at radius 3 is 2.94 bits per heavy atom. The summed E-state index contributed by atoms with van der Waals surface area (Å²) >= 11 is 0. The number of hydrogen-bond donors (Lipinski definition) is 1. The highest BCUT2D eigenvalue weighted by molar-refractivity contribution is 5.00. The van der Waals surface area contributed by atoms with Gasteiger partial charge in [0.2, 0.25) is 0 Å². The molecule has 1 aromatic heterocycles. The first-order chi connectivity index (χ1) is 8.86. The second-order valence-corrected chi connectivity index (χ2v) is 5.87. The molecule has 0 aromatic carbocycles. The van der Waals surface area contributed by atoms with Crippen LogP contribution in [0, 0.1) is 0 Å². The fraction of sp³-hybridized carbons (Fsp3) is 0.733. The van der Waals surface area contributed by atoms with Crippen LogP contribution in [0.25, 0.3) is 0 Å². The first kappa shape index (κ1) is 12.2. The van der Waals surface area contributed by atoms with Crippen molar-refractivity contribution in [2.75, 3.05) is 26.2 Å². The van der Waals surface area contributed by atoms with Crippen LogP contribution in [0.4, 0.5) is 0 Å². The van der Waals surface area contributed by atoms with Crippen molar-refractivity contribution in [2.45, 2.75) is 44.1 Å². The van der Waals surface area contributed by atoms with Gasteiger partial charge in [0.15, 0.2) is 0 Å². The van der Waals surface area contributed by atoms with Crippen LogP contribution in [0.15, 0.2) is 22.8 Å². The Labute approximate surface area is 110 Å². The smallest absolute Gasteiger partial charge is 0.105 e. The molecule has 1 aliphatic heterocycles. The zero-order valence-corrected chi connectivity index (χ0v) is 11.2. The van der Waals surface area contributed by atoms with Crippen molar-refractivity contribution >= 4 is 0 Å². The molecule has 2 heterocycles. The number of nitrogens with zero attached hydrogens (tertiary/aromatic N) is 1. The Morgan fingerprint density at radius 1 is 1.28 bits per heavy atom. The lowest BCUT2D eigenvalue weighted by Crippen LogP contribution is -2.61. The fourth-order valence-corrected chi connectivity index (χ4v) is 3.52. The lowest BCUT2D eigenvalue weighted by Gasteiger charge is -2.46. The average Bonchev–Trinajstić information content (AvgIpc) is 2.91. The monoisotopic (exact) mass is 248 g/mol. The van der Waals surface area contributed by atoms with E-state index in [0.717, 1.165) is 25.3 Å². The summed E-state index contributed by atoms with van der Waals surface area (Å²) in [5, 5.41) is 3.79. The molecule has 1 spiro atoms. The molecule has 0 bridgehead atoms. The van der Waals surface area contributed by atoms with Gasteiger partial charge < -0.3 is 9.73 Å². The van der Waals surface area contributed by atoms with Gasteiger partial charge in [-0.05, 0) is 25.0 Å². The van der Waals surface area contributed by atoms with E-state index in [9.17, 15) is 0 Å². The molecule has 1 aliphatic carbocycles. The number of rotatable bonds is 3. The maximum atomic E-state index is 5.42. The summed E-state index contributed by atoms with van der Waals surface area (Å²) in [5.41, 5.74) is 0.430. The predicted molar refractivity (Wildman–Crippen MR) is 72.7 cm³/mol. The van der Waals surface area contributed by atoms with E-state index >= 15 is 0 Å². The topological polar surface area (TPSA) is 28.4 Å². The number of nitrogens with one attached hydrogen (secondary N) is 1. The van der Waals surface area contributed by atoms with Gasteiger partial charge in [-0.2, -0.15) is 0 Å². The second-order valence-electron chi connectivity index (χ2n) is 5.87. The summed E-state index contributed by atoms with van der Waals surface area (Å²) < 4.78 is 5.42. The van der Waals surface area contributed by atoms with E-state index in [1.165, 1.54) is 45.2 Å². The van der Waals surface area contributed by atoms with Gasteiger partial charge in [-0.15, -0.1) is 0 Å². The minimum atomic E-state index is 0.430. The summed E-state index contributed by atoms with van der Waals surface area (Å²) in [6.45, 7) is 4.70. The van der Waals surface area contributed by atoms with E-state index in [-0.39, 0.29) is 0 Å². The molecule has 2 fully saturated rings. The lowest BCUT2D eigenvalue weighted by atomic mass is 9.80. The minimum Gasteiger partial charge on any atom is -0.469 e. The molecule has 1 N–H and O–H groups in total. The van der Waals surface area contributed by atoms with Gasteiger partial charge >= 0.3 is 0 Å². The third-order valence-corrected chi connectivity index (χ3v) is 4.52. The lowest BCUT2D eigenvalue weighted by molar-refractivity contribution is 0.0993. The zero-order valence-electron chi connectivity index (χ0n) is 11.2. The van der Waals surface area contributed by atoms with Gasteiger partial charge in [0.1, 0.15) is 5.76 Å². The van der Waals surface area contributed by atoms with Crippen LogP contribution in [0.1, 0.15) is 37.9 Å². The minimum absolute atomic E-state index is 0.430. The molecule has 100 valence electrons. The van der Waals surface area contributed by atoms with E-state index in [0.29, 0.717) is 5.54 Å². The van der Waals surface area contributed by atoms with E-state index in [1.54, 1.807) is 6.26 Å². The van der Waals surface area contributed by atoms with Gasteiger partial charge in [-0.1, -0.05) is 19.3 Å². The molecule has 1 aromatic rings. The van der Waals surface area contributed by atoms with Gasteiger partial charge in [0.25, 0.3) is 0 Å². The summed E-state index contributed by atoms with van der Waals surface area (Å²) in [4.78, 5) is 2.62. The van der Waals surface area contributed by atoms with Crippen LogP contribution in [0.3, 0.4) is 0 Å². The first-order valence-corrected chi connectivity index (χ1v) is 7.36. The van der Waals surface area contributed by atoms with Crippen molar-refractivity contribution in [3.8, 4) is 0 Å². The zero-order chi connectivity index (χ0) is 12.3. The van der Waals surface area contributed by atoms with Crippen molar-refractivity contribution < 1.29 is 4.42 Å². The van der Waals surface area contributed by atoms with Crippen molar-refractivity contribution in [1.29, 1.82) is 0 Å². The number of hydrogen-bond acceptors (Lipinski definition) is 3. The predicted octanol–water partition coefficient (Wildman–Crippen LogP) is 2.43. The van der Waals surface area contributed by atoms with Gasteiger partial charge in [-0.25, -0.2) is 0 Å².